The molecule has 0 spiro atoms. The summed E-state index contributed by atoms with van der Waals surface area (Å²) in [5, 5.41) is 10.6. The molecule has 3 N–H and O–H groups in total. The lowest BCUT2D eigenvalue weighted by molar-refractivity contribution is -0.161. The quantitative estimate of drug-likeness (QED) is 0.0222. The largest absolute Gasteiger partial charge is 0.472 e. The van der Waals surface area contributed by atoms with Crippen molar-refractivity contribution in [1.82, 2.24) is 0 Å². The number of carbonyl (C=O) groups excluding carboxylic acids is 4. The summed E-state index contributed by atoms with van der Waals surface area (Å²) in [6, 6.07) is 0. The normalized spacial score (nSPS) is 14.2. The maximum Gasteiger partial charge on any atom is 0.472 e. The number of aliphatic hydroxyl groups is 1. The van der Waals surface area contributed by atoms with Crippen LogP contribution in [0.5, 0.6) is 0 Å². The molecule has 0 aliphatic carbocycles. The molecule has 3 unspecified atom stereocenters. The zero-order chi connectivity index (χ0) is 71.4. The fourth-order valence-corrected chi connectivity index (χ4v) is 13.6. The van der Waals surface area contributed by atoms with E-state index in [4.69, 9.17) is 37.0 Å². The molecule has 0 radical (unpaired) electrons. The van der Waals surface area contributed by atoms with Gasteiger partial charge >= 0.3 is 39.5 Å². The van der Waals surface area contributed by atoms with E-state index in [-0.39, 0.29) is 25.7 Å². The summed E-state index contributed by atoms with van der Waals surface area (Å²) in [4.78, 5) is 72.7. The highest BCUT2D eigenvalue weighted by Crippen LogP contribution is 2.45. The van der Waals surface area contributed by atoms with Crippen LogP contribution in [0.3, 0.4) is 0 Å². The summed E-state index contributed by atoms with van der Waals surface area (Å²) in [7, 11) is -9.91. The van der Waals surface area contributed by atoms with Crippen LogP contribution in [0.4, 0.5) is 0 Å². The third-order valence-corrected chi connectivity index (χ3v) is 20.5. The highest BCUT2D eigenvalue weighted by molar-refractivity contribution is 7.47. The van der Waals surface area contributed by atoms with Gasteiger partial charge in [-0.15, -0.1) is 0 Å². The minimum Gasteiger partial charge on any atom is -0.462 e. The number of aliphatic hydroxyl groups excluding tert-OH is 1. The number of unbranched alkanes of at least 4 members (excludes halogenated alkanes) is 46. The Bertz CT molecular complexity index is 1870. The van der Waals surface area contributed by atoms with Crippen molar-refractivity contribution in [3.05, 3.63) is 0 Å². The number of esters is 4. The number of phosphoric ester groups is 2. The molecule has 0 heterocycles. The number of phosphoric acid groups is 2. The molecule has 0 aromatic heterocycles. The molecule has 0 fully saturated rings. The van der Waals surface area contributed by atoms with Crippen molar-refractivity contribution in [3.63, 3.8) is 0 Å². The molecule has 0 saturated carbocycles. The third-order valence-electron chi connectivity index (χ3n) is 18.6. The average Bonchev–Trinajstić information content (AvgIpc) is 1.17. The van der Waals surface area contributed by atoms with Crippen molar-refractivity contribution >= 4 is 39.5 Å². The van der Waals surface area contributed by atoms with E-state index in [9.17, 15) is 43.2 Å². The second kappa shape index (κ2) is 69.8. The summed E-state index contributed by atoms with van der Waals surface area (Å²) in [6.07, 6.45) is 58.7. The molecule has 0 aliphatic heterocycles. The molecule has 0 bridgehead atoms. The van der Waals surface area contributed by atoms with E-state index in [1.165, 1.54) is 218 Å². The van der Waals surface area contributed by atoms with Gasteiger partial charge < -0.3 is 33.8 Å². The van der Waals surface area contributed by atoms with Crippen molar-refractivity contribution in [2.45, 2.75) is 426 Å². The topological polar surface area (TPSA) is 237 Å². The number of ether oxygens (including phenoxy) is 4. The first-order valence-corrected chi connectivity index (χ1v) is 43.5. The fourth-order valence-electron chi connectivity index (χ4n) is 12.0. The standard InChI is InChI=1S/C78H152O17P2/c1-7-10-12-14-16-18-19-20-21-22-23-24-25-26-27-28-33-36-39-43-50-56-62-77(82)94-73(66-89-76(81)61-55-49-42-38-35-32-30-29-31-34-37-40-47-53-59-71(6)9-3)68-92-96(84,85)90-64-72(79)65-91-97(86,87)93-69-74(67-88-75(80)60-54-48-41-17-15-13-11-8-2)95-78(83)63-57-51-45-44-46-52-58-70(4)5/h70-74,79H,7-69H2,1-6H3,(H,84,85)(H,86,87)/t71?,72-,73-,74-/m1/s1. The van der Waals surface area contributed by atoms with Gasteiger partial charge in [0.1, 0.15) is 19.3 Å². The molecule has 0 saturated heterocycles. The first kappa shape index (κ1) is 95.1. The Hall–Kier alpha value is -1.94. The van der Waals surface area contributed by atoms with Gasteiger partial charge in [0, 0.05) is 25.7 Å². The van der Waals surface area contributed by atoms with Crippen LogP contribution in [0.25, 0.3) is 0 Å². The molecule has 0 aromatic carbocycles. The number of carbonyl (C=O) groups is 4. The molecule has 19 heteroatoms. The Kier molecular flexibility index (Phi) is 68.4. The van der Waals surface area contributed by atoms with Gasteiger partial charge in [-0.25, -0.2) is 9.13 Å². The van der Waals surface area contributed by atoms with Gasteiger partial charge in [-0.05, 0) is 37.5 Å². The molecule has 17 nitrogen and oxygen atoms in total. The van der Waals surface area contributed by atoms with Gasteiger partial charge in [0.15, 0.2) is 12.2 Å². The molecule has 0 aliphatic rings. The Morgan fingerprint density at radius 2 is 0.526 bits per heavy atom. The zero-order valence-electron chi connectivity index (χ0n) is 63.4. The molecule has 0 aromatic rings. The summed E-state index contributed by atoms with van der Waals surface area (Å²) in [5.41, 5.74) is 0. The van der Waals surface area contributed by atoms with E-state index in [1.54, 1.807) is 0 Å². The summed E-state index contributed by atoms with van der Waals surface area (Å²) < 4.78 is 68.4. The van der Waals surface area contributed by atoms with Crippen LogP contribution in [-0.2, 0) is 65.4 Å². The second-order valence-corrected chi connectivity index (χ2v) is 31.7. The summed E-state index contributed by atoms with van der Waals surface area (Å²) in [5.74, 6) is -0.603. The van der Waals surface area contributed by atoms with Crippen LogP contribution < -0.4 is 0 Å². The van der Waals surface area contributed by atoms with Crippen molar-refractivity contribution in [1.29, 1.82) is 0 Å². The van der Waals surface area contributed by atoms with Gasteiger partial charge in [-0.2, -0.15) is 0 Å². The van der Waals surface area contributed by atoms with Crippen LogP contribution in [-0.4, -0.2) is 96.7 Å². The SMILES string of the molecule is CCCCCCCCCCCCCCCCCCCCCCCCC(=O)O[C@H](COC(=O)CCCCCCCCCCCCCCCCC(C)CC)COP(=O)(O)OC[C@@H](O)COP(=O)(O)OC[C@@H](COC(=O)CCCCCCCCCC)OC(=O)CCCCCCCCC(C)C. The van der Waals surface area contributed by atoms with Gasteiger partial charge in [0.25, 0.3) is 0 Å². The van der Waals surface area contributed by atoms with Crippen molar-refractivity contribution in [2.75, 3.05) is 39.6 Å². The fraction of sp³-hybridized carbons (Fsp3) is 0.949. The lowest BCUT2D eigenvalue weighted by atomic mass is 9.99. The minimum atomic E-state index is -4.96. The van der Waals surface area contributed by atoms with E-state index in [0.29, 0.717) is 31.6 Å². The molecular weight excluding hydrogens is 1270 g/mol. The van der Waals surface area contributed by atoms with Gasteiger partial charge in [0.05, 0.1) is 26.4 Å². The minimum absolute atomic E-state index is 0.102. The van der Waals surface area contributed by atoms with E-state index in [2.05, 4.69) is 41.5 Å². The number of rotatable bonds is 77. The maximum atomic E-state index is 13.1. The predicted molar refractivity (Wildman–Crippen MR) is 395 cm³/mol. The second-order valence-electron chi connectivity index (χ2n) is 28.8. The van der Waals surface area contributed by atoms with Crippen molar-refractivity contribution in [3.8, 4) is 0 Å². The lowest BCUT2D eigenvalue weighted by Crippen LogP contribution is -2.30. The van der Waals surface area contributed by atoms with Crippen molar-refractivity contribution < 1.29 is 80.2 Å². The summed E-state index contributed by atoms with van der Waals surface area (Å²) in [6.45, 7) is 9.53. The van der Waals surface area contributed by atoms with E-state index in [0.717, 1.165) is 102 Å². The molecule has 576 valence electrons. The molecule has 0 amide bonds. The first-order chi connectivity index (χ1) is 46.9. The van der Waals surface area contributed by atoms with Crippen LogP contribution in [0.1, 0.15) is 408 Å². The average molecular weight is 1420 g/mol. The van der Waals surface area contributed by atoms with Gasteiger partial charge in [-0.3, -0.25) is 37.3 Å². The maximum absolute atomic E-state index is 13.1. The summed E-state index contributed by atoms with van der Waals surface area (Å²) >= 11 is 0. The smallest absolute Gasteiger partial charge is 0.462 e. The lowest BCUT2D eigenvalue weighted by Gasteiger charge is -2.21. The molecule has 6 atom stereocenters. The molecule has 97 heavy (non-hydrogen) atoms. The Morgan fingerprint density at radius 1 is 0.299 bits per heavy atom. The Balaban J connectivity index is 5.15. The van der Waals surface area contributed by atoms with E-state index >= 15 is 0 Å². The van der Waals surface area contributed by atoms with Crippen LogP contribution in [0.15, 0.2) is 0 Å². The highest BCUT2D eigenvalue weighted by atomic mass is 31.2. The Labute approximate surface area is 594 Å². The predicted octanol–water partition coefficient (Wildman–Crippen LogP) is 23.1. The molecule has 0 rings (SSSR count). The Morgan fingerprint density at radius 3 is 0.784 bits per heavy atom. The monoisotopic (exact) mass is 1420 g/mol. The van der Waals surface area contributed by atoms with Crippen LogP contribution in [0, 0.1) is 11.8 Å². The number of hydrogen-bond donors (Lipinski definition) is 3. The zero-order valence-corrected chi connectivity index (χ0v) is 65.2. The van der Waals surface area contributed by atoms with Crippen molar-refractivity contribution in [2.24, 2.45) is 11.8 Å². The van der Waals surface area contributed by atoms with Crippen LogP contribution in [0.2, 0.25) is 0 Å². The molecular formula is C78H152O17P2. The number of hydrogen-bond acceptors (Lipinski definition) is 15. The third kappa shape index (κ3) is 70.9. The highest BCUT2D eigenvalue weighted by Gasteiger charge is 2.30. The van der Waals surface area contributed by atoms with Gasteiger partial charge in [0.2, 0.25) is 0 Å². The van der Waals surface area contributed by atoms with Crippen LogP contribution >= 0.6 is 15.6 Å². The first-order valence-electron chi connectivity index (χ1n) is 40.5. The van der Waals surface area contributed by atoms with Gasteiger partial charge in [-0.1, -0.05) is 356 Å². The van der Waals surface area contributed by atoms with E-state index in [1.807, 2.05) is 0 Å². The van der Waals surface area contributed by atoms with E-state index < -0.39 is 97.5 Å².